The maximum atomic E-state index is 11.3. The Morgan fingerprint density at radius 3 is 2.27 bits per heavy atom. The Hall–Kier alpha value is -1.39. The first-order valence-corrected chi connectivity index (χ1v) is 4.76. The van der Waals surface area contributed by atoms with Crippen molar-refractivity contribution in [1.82, 2.24) is 0 Å². The van der Waals surface area contributed by atoms with E-state index in [4.69, 9.17) is 4.74 Å². The standard InChI is InChI=1S/C10H16O5/c1-4-15-10(13)8(7(2)11)5-6-9(12)14-3/h8H,4-6H2,1-3H3. The van der Waals surface area contributed by atoms with Crippen molar-refractivity contribution in [2.45, 2.75) is 26.7 Å². The fourth-order valence-corrected chi connectivity index (χ4v) is 1.09. The molecular weight excluding hydrogens is 200 g/mol. The molecule has 0 aliphatic carbocycles. The van der Waals surface area contributed by atoms with E-state index < -0.39 is 17.9 Å². The van der Waals surface area contributed by atoms with Gasteiger partial charge in [-0.2, -0.15) is 0 Å². The van der Waals surface area contributed by atoms with E-state index in [1.807, 2.05) is 0 Å². The molecule has 0 aromatic rings. The van der Waals surface area contributed by atoms with Gasteiger partial charge in [-0.3, -0.25) is 14.4 Å². The smallest absolute Gasteiger partial charge is 0.316 e. The number of esters is 2. The lowest BCUT2D eigenvalue weighted by atomic mass is 9.99. The van der Waals surface area contributed by atoms with Crippen molar-refractivity contribution in [3.8, 4) is 0 Å². The van der Waals surface area contributed by atoms with E-state index in [9.17, 15) is 14.4 Å². The van der Waals surface area contributed by atoms with Gasteiger partial charge >= 0.3 is 11.9 Å². The third kappa shape index (κ3) is 5.15. The SMILES string of the molecule is CCOC(=O)C(CCC(=O)OC)C(C)=O. The Morgan fingerprint density at radius 2 is 1.87 bits per heavy atom. The van der Waals surface area contributed by atoms with Crippen LogP contribution >= 0.6 is 0 Å². The summed E-state index contributed by atoms with van der Waals surface area (Å²) in [5.74, 6) is -2.17. The topological polar surface area (TPSA) is 69.7 Å². The highest BCUT2D eigenvalue weighted by molar-refractivity contribution is 5.98. The zero-order valence-electron chi connectivity index (χ0n) is 9.24. The van der Waals surface area contributed by atoms with Crippen molar-refractivity contribution in [1.29, 1.82) is 0 Å². The van der Waals surface area contributed by atoms with Gasteiger partial charge in [-0.1, -0.05) is 0 Å². The molecule has 86 valence electrons. The number of carbonyl (C=O) groups is 3. The van der Waals surface area contributed by atoms with Gasteiger partial charge in [0.05, 0.1) is 13.7 Å². The summed E-state index contributed by atoms with van der Waals surface area (Å²) in [4.78, 5) is 33.2. The maximum Gasteiger partial charge on any atom is 0.316 e. The van der Waals surface area contributed by atoms with Gasteiger partial charge in [0, 0.05) is 6.42 Å². The van der Waals surface area contributed by atoms with Crippen LogP contribution in [0.1, 0.15) is 26.7 Å². The molecule has 0 aromatic heterocycles. The second-order valence-corrected chi connectivity index (χ2v) is 3.03. The number of Topliss-reactive ketones (excluding diaryl/α,β-unsaturated/α-hetero) is 1. The Labute approximate surface area is 88.7 Å². The summed E-state index contributed by atoms with van der Waals surface area (Å²) in [7, 11) is 1.26. The second-order valence-electron chi connectivity index (χ2n) is 3.03. The first-order valence-electron chi connectivity index (χ1n) is 4.76. The molecule has 0 spiro atoms. The highest BCUT2D eigenvalue weighted by Crippen LogP contribution is 2.11. The van der Waals surface area contributed by atoms with E-state index in [1.165, 1.54) is 14.0 Å². The van der Waals surface area contributed by atoms with Gasteiger partial charge in [0.25, 0.3) is 0 Å². The van der Waals surface area contributed by atoms with E-state index in [0.717, 1.165) is 0 Å². The Bertz CT molecular complexity index is 246. The molecule has 0 aromatic carbocycles. The van der Waals surface area contributed by atoms with Gasteiger partial charge in [-0.25, -0.2) is 0 Å². The predicted molar refractivity (Wildman–Crippen MR) is 52.1 cm³/mol. The molecule has 0 heterocycles. The lowest BCUT2D eigenvalue weighted by molar-refractivity contribution is -0.151. The Balaban J connectivity index is 4.22. The number of methoxy groups -OCH3 is 1. The van der Waals surface area contributed by atoms with Crippen LogP contribution in [-0.4, -0.2) is 31.4 Å². The number of hydrogen-bond acceptors (Lipinski definition) is 5. The van der Waals surface area contributed by atoms with Gasteiger partial charge < -0.3 is 9.47 Å². The summed E-state index contributed by atoms with van der Waals surface area (Å²) in [5.41, 5.74) is 0. The molecular formula is C10H16O5. The highest BCUT2D eigenvalue weighted by Gasteiger charge is 2.25. The third-order valence-corrected chi connectivity index (χ3v) is 1.93. The lowest BCUT2D eigenvalue weighted by Gasteiger charge is -2.11. The Kier molecular flexibility index (Phi) is 6.33. The summed E-state index contributed by atoms with van der Waals surface area (Å²) in [5, 5.41) is 0. The molecule has 5 heteroatoms. The van der Waals surface area contributed by atoms with Crippen molar-refractivity contribution in [3.63, 3.8) is 0 Å². The number of hydrogen-bond donors (Lipinski definition) is 0. The van der Waals surface area contributed by atoms with Gasteiger partial charge in [0.15, 0.2) is 0 Å². The number of rotatable bonds is 6. The number of ether oxygens (including phenoxy) is 2. The molecule has 1 atom stereocenters. The summed E-state index contributed by atoms with van der Waals surface area (Å²) < 4.78 is 9.14. The van der Waals surface area contributed by atoms with Crippen LogP contribution in [0.15, 0.2) is 0 Å². The molecule has 1 unspecified atom stereocenters. The van der Waals surface area contributed by atoms with Crippen LogP contribution in [0.2, 0.25) is 0 Å². The molecule has 5 nitrogen and oxygen atoms in total. The molecule has 0 radical (unpaired) electrons. The van der Waals surface area contributed by atoms with Crippen LogP contribution in [0, 0.1) is 5.92 Å². The molecule has 0 bridgehead atoms. The third-order valence-electron chi connectivity index (χ3n) is 1.93. The summed E-state index contributed by atoms with van der Waals surface area (Å²) in [6, 6.07) is 0. The predicted octanol–water partition coefficient (Wildman–Crippen LogP) is 0.708. The summed E-state index contributed by atoms with van der Waals surface area (Å²) in [6.07, 6.45) is 0.181. The molecule has 0 aliphatic rings. The molecule has 0 fully saturated rings. The largest absolute Gasteiger partial charge is 0.469 e. The molecule has 0 amide bonds. The van der Waals surface area contributed by atoms with Crippen LogP contribution in [0.5, 0.6) is 0 Å². The van der Waals surface area contributed by atoms with Crippen LogP contribution < -0.4 is 0 Å². The lowest BCUT2D eigenvalue weighted by Crippen LogP contribution is -2.25. The molecule has 0 rings (SSSR count). The monoisotopic (exact) mass is 216 g/mol. The van der Waals surface area contributed by atoms with Gasteiger partial charge in [-0.15, -0.1) is 0 Å². The van der Waals surface area contributed by atoms with Crippen LogP contribution in [-0.2, 0) is 23.9 Å². The van der Waals surface area contributed by atoms with Crippen molar-refractivity contribution in [3.05, 3.63) is 0 Å². The zero-order valence-corrected chi connectivity index (χ0v) is 9.24. The molecule has 0 N–H and O–H groups in total. The summed E-state index contributed by atoms with van der Waals surface area (Å²) >= 11 is 0. The minimum atomic E-state index is -0.857. The van der Waals surface area contributed by atoms with E-state index in [0.29, 0.717) is 0 Å². The average molecular weight is 216 g/mol. The fourth-order valence-electron chi connectivity index (χ4n) is 1.09. The molecule has 15 heavy (non-hydrogen) atoms. The van der Waals surface area contributed by atoms with Crippen molar-refractivity contribution in [2.24, 2.45) is 5.92 Å². The summed E-state index contributed by atoms with van der Waals surface area (Å²) in [6.45, 7) is 3.19. The van der Waals surface area contributed by atoms with Crippen molar-refractivity contribution in [2.75, 3.05) is 13.7 Å². The maximum absolute atomic E-state index is 11.3. The van der Waals surface area contributed by atoms with Crippen LogP contribution in [0.25, 0.3) is 0 Å². The quantitative estimate of drug-likeness (QED) is 0.483. The minimum Gasteiger partial charge on any atom is -0.469 e. The number of ketones is 1. The molecule has 0 saturated heterocycles. The molecule has 0 aliphatic heterocycles. The van der Waals surface area contributed by atoms with Gasteiger partial charge in [0.2, 0.25) is 0 Å². The van der Waals surface area contributed by atoms with Crippen molar-refractivity contribution >= 4 is 17.7 Å². The molecule has 0 saturated carbocycles. The van der Waals surface area contributed by atoms with Crippen LogP contribution in [0.4, 0.5) is 0 Å². The second kappa shape index (κ2) is 6.98. The fraction of sp³-hybridized carbons (Fsp3) is 0.700. The Morgan fingerprint density at radius 1 is 1.27 bits per heavy atom. The normalized spacial score (nSPS) is 11.7. The van der Waals surface area contributed by atoms with Gasteiger partial charge in [-0.05, 0) is 20.3 Å². The average Bonchev–Trinajstić information content (AvgIpc) is 2.17. The van der Waals surface area contributed by atoms with E-state index >= 15 is 0 Å². The van der Waals surface area contributed by atoms with E-state index in [1.54, 1.807) is 6.92 Å². The first kappa shape index (κ1) is 13.6. The first-order chi connectivity index (χ1) is 7.02. The van der Waals surface area contributed by atoms with E-state index in [2.05, 4.69) is 4.74 Å². The van der Waals surface area contributed by atoms with E-state index in [-0.39, 0.29) is 25.2 Å². The zero-order chi connectivity index (χ0) is 11.8. The van der Waals surface area contributed by atoms with Crippen molar-refractivity contribution < 1.29 is 23.9 Å². The van der Waals surface area contributed by atoms with Gasteiger partial charge in [0.1, 0.15) is 11.7 Å². The number of carbonyl (C=O) groups excluding carboxylic acids is 3. The highest BCUT2D eigenvalue weighted by atomic mass is 16.5. The minimum absolute atomic E-state index is 0.0412. The van der Waals surface area contributed by atoms with Crippen LogP contribution in [0.3, 0.4) is 0 Å².